The van der Waals surface area contributed by atoms with Crippen molar-refractivity contribution in [3.63, 3.8) is 0 Å². The lowest BCUT2D eigenvalue weighted by atomic mass is 10.0. The molecule has 0 amide bonds. The fourth-order valence-corrected chi connectivity index (χ4v) is 7.88. The van der Waals surface area contributed by atoms with E-state index in [1.54, 1.807) is 12.1 Å². The summed E-state index contributed by atoms with van der Waals surface area (Å²) in [5.74, 6) is 2.39. The van der Waals surface area contributed by atoms with Gasteiger partial charge in [0, 0.05) is 47.0 Å². The van der Waals surface area contributed by atoms with Crippen molar-refractivity contribution in [2.24, 2.45) is 0 Å². The minimum absolute atomic E-state index is 0.349. The number of anilines is 4. The first-order valence-electron chi connectivity index (χ1n) is 22.0. The third-order valence-corrected chi connectivity index (χ3v) is 11.3. The Balaban J connectivity index is 0.000000217. The molecule has 7 aromatic rings. The van der Waals surface area contributed by atoms with Gasteiger partial charge in [0.2, 0.25) is 0 Å². The molecule has 0 atom stereocenters. The van der Waals surface area contributed by atoms with Crippen molar-refractivity contribution in [2.45, 2.75) is 45.2 Å². The highest BCUT2D eigenvalue weighted by atomic mass is 16.5. The third-order valence-electron chi connectivity index (χ3n) is 11.3. The topological polar surface area (TPSA) is 114 Å². The van der Waals surface area contributed by atoms with E-state index in [0.717, 1.165) is 73.6 Å². The van der Waals surface area contributed by atoms with Crippen LogP contribution >= 0.6 is 0 Å². The molecule has 9 rings (SSSR count). The van der Waals surface area contributed by atoms with Gasteiger partial charge in [-0.2, -0.15) is 0 Å². The maximum Gasteiger partial charge on any atom is 0.161 e. The molecule has 2 heterocycles. The average molecular weight is 877 g/mol. The molecule has 8 heteroatoms. The number of phenolic OH excluding ortho intramolecular Hbond substituents is 1. The summed E-state index contributed by atoms with van der Waals surface area (Å²) in [6, 6.07) is 53.6. The summed E-state index contributed by atoms with van der Waals surface area (Å²) < 4.78 is 12.3. The molecular weight excluding hydrogens is 817 g/mol. The van der Waals surface area contributed by atoms with Crippen molar-refractivity contribution in [1.82, 2.24) is 0 Å². The minimum atomic E-state index is 0.349. The van der Waals surface area contributed by atoms with Crippen LogP contribution in [0.2, 0.25) is 0 Å². The number of fused-ring (bicyclic) bond motifs is 2. The van der Waals surface area contributed by atoms with E-state index >= 15 is 0 Å². The van der Waals surface area contributed by atoms with Gasteiger partial charge in [0.15, 0.2) is 13.5 Å². The van der Waals surface area contributed by atoms with E-state index in [2.05, 4.69) is 114 Å². The summed E-state index contributed by atoms with van der Waals surface area (Å²) in [6.07, 6.45) is 9.83. The molecule has 66 heavy (non-hydrogen) atoms. The van der Waals surface area contributed by atoms with Crippen LogP contribution in [0.4, 0.5) is 22.7 Å². The lowest BCUT2D eigenvalue weighted by molar-refractivity contribution is -0.0980. The predicted molar refractivity (Wildman–Crippen MR) is 273 cm³/mol. The molecule has 0 aliphatic carbocycles. The summed E-state index contributed by atoms with van der Waals surface area (Å²) >= 11 is 0. The molecule has 0 spiro atoms. The minimum Gasteiger partial charge on any atom is -0.508 e. The van der Waals surface area contributed by atoms with Crippen LogP contribution in [-0.4, -0.2) is 25.4 Å². The maximum absolute atomic E-state index is 9.19. The number of rotatable bonds is 12. The summed E-state index contributed by atoms with van der Waals surface area (Å²) in [5.41, 5.74) is 26.1. The zero-order valence-electron chi connectivity index (χ0n) is 37.7. The number of carbonyl (C=O) groups is 1. The van der Waals surface area contributed by atoms with E-state index in [1.165, 1.54) is 55.9 Å². The van der Waals surface area contributed by atoms with Crippen molar-refractivity contribution in [3.8, 4) is 17.2 Å². The van der Waals surface area contributed by atoms with Gasteiger partial charge in [0.25, 0.3) is 0 Å². The van der Waals surface area contributed by atoms with Gasteiger partial charge in [-0.05, 0) is 126 Å². The van der Waals surface area contributed by atoms with Crippen LogP contribution in [0.5, 0.6) is 17.2 Å². The number of hydrogen-bond donors (Lipinski definition) is 3. The monoisotopic (exact) mass is 876 g/mol. The zero-order chi connectivity index (χ0) is 46.7. The molecule has 7 aromatic carbocycles. The van der Waals surface area contributed by atoms with Crippen LogP contribution in [0.25, 0.3) is 0 Å². The van der Waals surface area contributed by atoms with E-state index in [4.69, 9.17) is 25.7 Å². The molecule has 2 aliphatic rings. The Bertz CT molecular complexity index is 2490. The number of carbonyl (C=O) groups excluding carboxylic acids is 1. The second-order valence-electron chi connectivity index (χ2n) is 16.0. The Kier molecular flexibility index (Phi) is 17.4. The third kappa shape index (κ3) is 13.0. The summed E-state index contributed by atoms with van der Waals surface area (Å²) in [4.78, 5) is 12.6. The fraction of sp³-hybridized carbons (Fsp3) is 0.155. The van der Waals surface area contributed by atoms with E-state index in [-0.39, 0.29) is 0 Å². The van der Waals surface area contributed by atoms with E-state index in [9.17, 15) is 5.11 Å². The van der Waals surface area contributed by atoms with Gasteiger partial charge in [-0.3, -0.25) is 0 Å². The fourth-order valence-electron chi connectivity index (χ4n) is 7.88. The summed E-state index contributed by atoms with van der Waals surface area (Å²) in [6.45, 7) is 16.1. The van der Waals surface area contributed by atoms with Gasteiger partial charge in [-0.1, -0.05) is 121 Å². The van der Waals surface area contributed by atoms with Gasteiger partial charge in [-0.15, -0.1) is 19.7 Å². The van der Waals surface area contributed by atoms with Crippen LogP contribution in [0.15, 0.2) is 196 Å². The number of nitrogen functional groups attached to an aromatic ring is 2. The van der Waals surface area contributed by atoms with Crippen LogP contribution < -0.4 is 30.7 Å². The molecule has 0 unspecified atom stereocenters. The van der Waals surface area contributed by atoms with Gasteiger partial charge in [0.1, 0.15) is 24.0 Å². The lowest BCUT2D eigenvalue weighted by Crippen LogP contribution is -2.32. The van der Waals surface area contributed by atoms with Crippen LogP contribution in [-0.2, 0) is 50.0 Å². The number of aromatic hydroxyl groups is 1. The standard InChI is InChI=1S/C35H34N2O2.C13H14N2.C9H10O.CH2O/c1-3-7-28-9-5-11-30-22-36(24-38-34(28)30)32-17-13-26(14-18-32)21-27-15-19-33(20-16-27)37-23-31-12-6-10-29(8-4-2)35(31)39-25-37;14-12-5-1-10(2-6-12)9-11-3-7-13(15)8-4-11;1-2-5-8-6-3-4-7-9(8)10;1-2/h3-6,9-20H,1-2,7-8,21-25H2;1-8H,9,14-15H2;2-4,6-7,10H,1,5H2;1H2. The van der Waals surface area contributed by atoms with Gasteiger partial charge < -0.3 is 40.6 Å². The molecule has 0 fully saturated rings. The van der Waals surface area contributed by atoms with Gasteiger partial charge in [0.05, 0.1) is 0 Å². The Hall–Kier alpha value is -7.97. The van der Waals surface area contributed by atoms with Crippen LogP contribution in [0.1, 0.15) is 50.1 Å². The molecule has 0 saturated carbocycles. The van der Waals surface area contributed by atoms with Crippen LogP contribution in [0, 0.1) is 0 Å². The molecule has 2 aliphatic heterocycles. The number of benzene rings is 7. The Morgan fingerprint density at radius 1 is 0.470 bits per heavy atom. The van der Waals surface area contributed by atoms with E-state index < -0.39 is 0 Å². The molecule has 5 N–H and O–H groups in total. The quantitative estimate of drug-likeness (QED) is 0.0821. The second-order valence-corrected chi connectivity index (χ2v) is 16.0. The number of ether oxygens (including phenoxy) is 2. The van der Waals surface area contributed by atoms with E-state index in [1.807, 2.05) is 85.7 Å². The molecule has 0 saturated heterocycles. The van der Waals surface area contributed by atoms with Gasteiger partial charge >= 0.3 is 0 Å². The highest BCUT2D eigenvalue weighted by Gasteiger charge is 2.21. The second kappa shape index (κ2) is 24.2. The first-order valence-corrected chi connectivity index (χ1v) is 22.0. The number of nitrogens with two attached hydrogens (primary N) is 2. The number of phenols is 1. The molecule has 0 aromatic heterocycles. The molecule has 0 radical (unpaired) electrons. The van der Waals surface area contributed by atoms with Crippen molar-refractivity contribution in [1.29, 1.82) is 0 Å². The maximum atomic E-state index is 9.19. The Morgan fingerprint density at radius 2 is 0.818 bits per heavy atom. The lowest BCUT2D eigenvalue weighted by Gasteiger charge is -2.32. The van der Waals surface area contributed by atoms with Crippen molar-refractivity contribution in [3.05, 3.63) is 246 Å². The SMILES string of the molecule is C=CCc1cccc2c1OCN(c1ccc(Cc3ccc(N4COc5c(CC=C)cccc5C4)cc3)cc1)C2.C=CCc1ccccc1O.C=O.Nc1ccc(Cc2ccc(N)cc2)cc1. The molecule has 0 bridgehead atoms. The van der Waals surface area contributed by atoms with E-state index in [0.29, 0.717) is 19.2 Å². The number of allylic oxidation sites excluding steroid dienone is 3. The first-order chi connectivity index (χ1) is 32.3. The number of hydrogen-bond acceptors (Lipinski definition) is 8. The normalized spacial score (nSPS) is 12.1. The van der Waals surface area contributed by atoms with Crippen molar-refractivity contribution >= 4 is 29.5 Å². The Labute approximate surface area is 390 Å². The van der Waals surface area contributed by atoms with Crippen molar-refractivity contribution < 1.29 is 19.4 Å². The molecular formula is C58H60N4O4. The van der Waals surface area contributed by atoms with Crippen molar-refractivity contribution in [2.75, 3.05) is 34.7 Å². The van der Waals surface area contributed by atoms with Gasteiger partial charge in [-0.25, -0.2) is 0 Å². The smallest absolute Gasteiger partial charge is 0.161 e. The highest BCUT2D eigenvalue weighted by molar-refractivity contribution is 5.55. The summed E-state index contributed by atoms with van der Waals surface area (Å²) in [5, 5.41) is 9.19. The highest BCUT2D eigenvalue weighted by Crippen LogP contribution is 2.34. The van der Waals surface area contributed by atoms with Crippen LogP contribution in [0.3, 0.4) is 0 Å². The average Bonchev–Trinajstić information content (AvgIpc) is 3.35. The predicted octanol–water partition coefficient (Wildman–Crippen LogP) is 11.8. The number of para-hydroxylation sites is 3. The molecule has 336 valence electrons. The Morgan fingerprint density at radius 3 is 1.20 bits per heavy atom. The first kappa shape index (κ1) is 47.5. The number of nitrogens with zero attached hydrogens (tertiary/aromatic N) is 2. The largest absolute Gasteiger partial charge is 0.508 e. The summed E-state index contributed by atoms with van der Waals surface area (Å²) in [7, 11) is 0. The zero-order valence-corrected chi connectivity index (χ0v) is 37.7. The molecule has 8 nitrogen and oxygen atoms in total.